The third-order valence-electron chi connectivity index (χ3n) is 3.61. The van der Waals surface area contributed by atoms with E-state index >= 15 is 0 Å². The minimum absolute atomic E-state index is 0.0141. The van der Waals surface area contributed by atoms with Gasteiger partial charge in [-0.05, 0) is 25.7 Å². The summed E-state index contributed by atoms with van der Waals surface area (Å²) in [5.41, 5.74) is -0.734. The number of unbranched alkanes of at least 4 members (excludes halogenated alkanes) is 2. The van der Waals surface area contributed by atoms with Crippen molar-refractivity contribution in [2.75, 3.05) is 11.5 Å². The number of aliphatic carboxylic acids is 1. The lowest BCUT2D eigenvalue weighted by Crippen LogP contribution is -2.55. The molecule has 0 unspecified atom stereocenters. The summed E-state index contributed by atoms with van der Waals surface area (Å²) < 4.78 is 23.5. The number of hydrogen-bond acceptors (Lipinski definition) is 4. The van der Waals surface area contributed by atoms with Crippen molar-refractivity contribution in [1.29, 1.82) is 0 Å². The Bertz CT molecular complexity index is 453. The van der Waals surface area contributed by atoms with E-state index in [1.54, 1.807) is 0 Å². The molecule has 0 bridgehead atoms. The maximum atomic E-state index is 11.8. The predicted octanol–water partition coefficient (Wildman–Crippen LogP) is 1.10. The summed E-state index contributed by atoms with van der Waals surface area (Å²) in [6, 6.07) is 0. The average Bonchev–Trinajstić information content (AvgIpc) is 2.24. The number of carboxylic acid groups (broad SMARTS) is 1. The van der Waals surface area contributed by atoms with Crippen LogP contribution in [0, 0.1) is 0 Å². The lowest BCUT2D eigenvalue weighted by Gasteiger charge is -2.41. The number of rotatable bonds is 9. The number of amides is 1. The molecule has 1 rings (SSSR count). The van der Waals surface area contributed by atoms with Crippen molar-refractivity contribution >= 4 is 21.7 Å². The molecule has 1 amide bonds. The fourth-order valence-corrected chi connectivity index (χ4v) is 3.67. The molecule has 1 aliphatic carbocycles. The zero-order valence-electron chi connectivity index (χ0n) is 11.9. The van der Waals surface area contributed by atoms with Crippen molar-refractivity contribution in [3.63, 3.8) is 0 Å². The lowest BCUT2D eigenvalue weighted by atomic mass is 9.74. The van der Waals surface area contributed by atoms with Crippen molar-refractivity contribution in [2.24, 2.45) is 0 Å². The molecule has 0 spiro atoms. The van der Waals surface area contributed by atoms with Crippen LogP contribution in [0.25, 0.3) is 0 Å². The SMILES string of the molecule is CCCCCS(=O)(=O)CC(=O)NC1(CC(=O)O)CCC1. The van der Waals surface area contributed by atoms with E-state index in [2.05, 4.69) is 5.32 Å². The average molecular weight is 305 g/mol. The Morgan fingerprint density at radius 3 is 2.35 bits per heavy atom. The quantitative estimate of drug-likeness (QED) is 0.621. The van der Waals surface area contributed by atoms with Crippen LogP contribution in [0.4, 0.5) is 0 Å². The van der Waals surface area contributed by atoms with Gasteiger partial charge in [0.25, 0.3) is 0 Å². The zero-order chi connectivity index (χ0) is 15.2. The minimum atomic E-state index is -3.40. The highest BCUT2D eigenvalue weighted by molar-refractivity contribution is 7.92. The first-order valence-corrected chi connectivity index (χ1v) is 8.84. The Morgan fingerprint density at radius 1 is 1.25 bits per heavy atom. The molecule has 2 N–H and O–H groups in total. The van der Waals surface area contributed by atoms with Gasteiger partial charge in [-0.1, -0.05) is 19.8 Å². The van der Waals surface area contributed by atoms with E-state index in [0.29, 0.717) is 19.3 Å². The Hall–Kier alpha value is -1.11. The van der Waals surface area contributed by atoms with Crippen LogP contribution in [0.5, 0.6) is 0 Å². The second-order valence-corrected chi connectivity index (χ2v) is 7.74. The van der Waals surface area contributed by atoms with Gasteiger partial charge in [-0.3, -0.25) is 9.59 Å². The summed E-state index contributed by atoms with van der Waals surface area (Å²) in [5, 5.41) is 11.4. The normalized spacial score (nSPS) is 17.2. The van der Waals surface area contributed by atoms with Crippen LogP contribution in [0.2, 0.25) is 0 Å². The van der Waals surface area contributed by atoms with Crippen LogP contribution in [-0.2, 0) is 19.4 Å². The largest absolute Gasteiger partial charge is 0.481 e. The standard InChI is InChI=1S/C13H23NO5S/c1-2-3-4-8-20(18,19)10-11(15)14-13(6-5-7-13)9-12(16)17/h2-10H2,1H3,(H,14,15)(H,16,17). The van der Waals surface area contributed by atoms with Crippen LogP contribution in [0.3, 0.4) is 0 Å². The number of sulfone groups is 1. The Kier molecular flexibility index (Phi) is 5.98. The number of hydrogen-bond donors (Lipinski definition) is 2. The van der Waals surface area contributed by atoms with Gasteiger partial charge < -0.3 is 10.4 Å². The first kappa shape index (κ1) is 16.9. The molecule has 0 aromatic carbocycles. The highest BCUT2D eigenvalue weighted by Gasteiger charge is 2.40. The molecule has 0 atom stereocenters. The topological polar surface area (TPSA) is 101 Å². The molecule has 0 saturated heterocycles. The van der Waals surface area contributed by atoms with Crippen LogP contribution >= 0.6 is 0 Å². The number of carboxylic acids is 1. The zero-order valence-corrected chi connectivity index (χ0v) is 12.7. The monoisotopic (exact) mass is 305 g/mol. The van der Waals surface area contributed by atoms with E-state index in [1.807, 2.05) is 6.92 Å². The van der Waals surface area contributed by atoms with Crippen LogP contribution in [-0.4, -0.2) is 42.4 Å². The van der Waals surface area contributed by atoms with Gasteiger partial charge >= 0.3 is 5.97 Å². The van der Waals surface area contributed by atoms with Crippen molar-refractivity contribution in [3.05, 3.63) is 0 Å². The third kappa shape index (κ3) is 5.48. The fraction of sp³-hybridized carbons (Fsp3) is 0.846. The number of nitrogens with one attached hydrogen (secondary N) is 1. The van der Waals surface area contributed by atoms with E-state index < -0.39 is 33.0 Å². The maximum Gasteiger partial charge on any atom is 0.305 e. The second kappa shape index (κ2) is 7.06. The molecule has 0 radical (unpaired) electrons. The summed E-state index contributed by atoms with van der Waals surface area (Å²) >= 11 is 0. The summed E-state index contributed by atoms with van der Waals surface area (Å²) in [6.45, 7) is 1.98. The van der Waals surface area contributed by atoms with Crippen LogP contribution < -0.4 is 5.32 Å². The molecule has 7 heteroatoms. The second-order valence-electron chi connectivity index (χ2n) is 5.55. The molecule has 0 aromatic rings. The van der Waals surface area contributed by atoms with Gasteiger partial charge in [-0.2, -0.15) is 0 Å². The van der Waals surface area contributed by atoms with Crippen molar-refractivity contribution in [2.45, 2.75) is 57.4 Å². The summed E-state index contributed by atoms with van der Waals surface area (Å²) in [4.78, 5) is 22.6. The smallest absolute Gasteiger partial charge is 0.305 e. The van der Waals surface area contributed by atoms with Crippen molar-refractivity contribution < 1.29 is 23.1 Å². The molecule has 0 aliphatic heterocycles. The molecule has 0 heterocycles. The first-order valence-electron chi connectivity index (χ1n) is 7.02. The van der Waals surface area contributed by atoms with Gasteiger partial charge in [0, 0.05) is 0 Å². The van der Waals surface area contributed by atoms with E-state index in [-0.39, 0.29) is 12.2 Å². The molecule has 116 valence electrons. The third-order valence-corrected chi connectivity index (χ3v) is 5.23. The minimum Gasteiger partial charge on any atom is -0.481 e. The van der Waals surface area contributed by atoms with E-state index in [9.17, 15) is 18.0 Å². The summed E-state index contributed by atoms with van der Waals surface area (Å²) in [5.74, 6) is -2.09. The molecule has 20 heavy (non-hydrogen) atoms. The van der Waals surface area contributed by atoms with Gasteiger partial charge in [0.15, 0.2) is 9.84 Å². The van der Waals surface area contributed by atoms with E-state index in [4.69, 9.17) is 5.11 Å². The van der Waals surface area contributed by atoms with E-state index in [0.717, 1.165) is 19.3 Å². The molecule has 1 saturated carbocycles. The van der Waals surface area contributed by atoms with Gasteiger partial charge in [0.1, 0.15) is 5.75 Å². The summed E-state index contributed by atoms with van der Waals surface area (Å²) in [7, 11) is -3.40. The summed E-state index contributed by atoms with van der Waals surface area (Å²) in [6.07, 6.45) is 4.22. The maximum absolute atomic E-state index is 11.8. The Balaban J connectivity index is 2.48. The van der Waals surface area contributed by atoms with E-state index in [1.165, 1.54) is 0 Å². The molecule has 1 fully saturated rings. The van der Waals surface area contributed by atoms with Crippen LogP contribution in [0.1, 0.15) is 51.9 Å². The van der Waals surface area contributed by atoms with Gasteiger partial charge in [-0.15, -0.1) is 0 Å². The number of carbonyl (C=O) groups excluding carboxylic acids is 1. The van der Waals surface area contributed by atoms with Gasteiger partial charge in [-0.25, -0.2) is 8.42 Å². The Morgan fingerprint density at radius 2 is 1.90 bits per heavy atom. The van der Waals surface area contributed by atoms with Crippen molar-refractivity contribution in [1.82, 2.24) is 5.32 Å². The predicted molar refractivity (Wildman–Crippen MR) is 75.2 cm³/mol. The first-order chi connectivity index (χ1) is 9.29. The number of carbonyl (C=O) groups is 2. The highest BCUT2D eigenvalue weighted by Crippen LogP contribution is 2.34. The van der Waals surface area contributed by atoms with Gasteiger partial charge in [0.05, 0.1) is 17.7 Å². The van der Waals surface area contributed by atoms with Gasteiger partial charge in [0.2, 0.25) is 5.91 Å². The molecule has 6 nitrogen and oxygen atoms in total. The van der Waals surface area contributed by atoms with Crippen LogP contribution in [0.15, 0.2) is 0 Å². The lowest BCUT2D eigenvalue weighted by molar-refractivity contribution is -0.140. The molecule has 1 aliphatic rings. The van der Waals surface area contributed by atoms with Crippen molar-refractivity contribution in [3.8, 4) is 0 Å². The molecular weight excluding hydrogens is 282 g/mol. The highest BCUT2D eigenvalue weighted by atomic mass is 32.2. The Labute approximate surface area is 119 Å². The molecule has 0 aromatic heterocycles. The fourth-order valence-electron chi connectivity index (χ4n) is 2.41. The molecular formula is C13H23NO5S.